The molecule has 1 saturated carbocycles. The lowest BCUT2D eigenvalue weighted by Crippen LogP contribution is -2.22. The Hall–Kier alpha value is -3.68. The van der Waals surface area contributed by atoms with Gasteiger partial charge in [-0.15, -0.1) is 10.2 Å². The number of fused-ring (bicyclic) bond motifs is 2. The largest absolute Gasteiger partial charge is 0.454 e. The van der Waals surface area contributed by atoms with Crippen molar-refractivity contribution in [2.24, 2.45) is 0 Å². The number of rotatable bonds is 7. The van der Waals surface area contributed by atoms with E-state index in [2.05, 4.69) is 70.2 Å². The van der Waals surface area contributed by atoms with Gasteiger partial charge in [-0.1, -0.05) is 38.1 Å². The van der Waals surface area contributed by atoms with Crippen molar-refractivity contribution in [2.45, 2.75) is 63.8 Å². The summed E-state index contributed by atoms with van der Waals surface area (Å²) in [7, 11) is 0. The summed E-state index contributed by atoms with van der Waals surface area (Å²) in [4.78, 5) is 13.5. The maximum Gasteiger partial charge on any atom is 0.231 e. The third-order valence-corrected chi connectivity index (χ3v) is 7.26. The molecule has 6 rings (SSSR count). The van der Waals surface area contributed by atoms with Crippen molar-refractivity contribution in [3.05, 3.63) is 65.1 Å². The second kappa shape index (κ2) is 7.93. The summed E-state index contributed by atoms with van der Waals surface area (Å²) in [6.07, 6.45) is 2.88. The molecule has 3 heterocycles. The fourth-order valence-corrected chi connectivity index (χ4v) is 5.20. The van der Waals surface area contributed by atoms with E-state index in [0.717, 1.165) is 52.9 Å². The fraction of sp³-hybridized carbons (Fsp3) is 0.407. The average Bonchev–Trinajstić information content (AvgIpc) is 3.17. The van der Waals surface area contributed by atoms with Crippen molar-refractivity contribution in [3.63, 3.8) is 0 Å². The molecule has 1 aliphatic heterocycles. The Kier molecular flexibility index (Phi) is 4.95. The standard InChI is InChI=1S/C27H29N5O3/c1-26(2,3)23-14-18-12-17(4-6-20(18)32(23)11-8-25-28-30-31-29-25)13-24(33)27(9-10-27)19-5-7-21-22(15-19)35-16-34-21/h4-7,12,14-15H,8-11,13,16H2,1-3H3,(H,28,29,30,31). The molecule has 2 aromatic heterocycles. The summed E-state index contributed by atoms with van der Waals surface area (Å²) >= 11 is 0. The van der Waals surface area contributed by atoms with Gasteiger partial charge in [-0.25, -0.2) is 0 Å². The second-order valence-electron chi connectivity index (χ2n) is 10.7. The van der Waals surface area contributed by atoms with E-state index in [1.807, 2.05) is 18.2 Å². The molecule has 0 amide bonds. The van der Waals surface area contributed by atoms with Crippen LogP contribution in [-0.2, 0) is 35.0 Å². The number of ether oxygens (including phenoxy) is 2. The molecule has 0 spiro atoms. The van der Waals surface area contributed by atoms with Crippen molar-refractivity contribution >= 4 is 16.7 Å². The number of hydrogen-bond acceptors (Lipinski definition) is 6. The van der Waals surface area contributed by atoms with Gasteiger partial charge in [-0.3, -0.25) is 4.79 Å². The van der Waals surface area contributed by atoms with Gasteiger partial charge in [0.15, 0.2) is 17.3 Å². The van der Waals surface area contributed by atoms with Gasteiger partial charge in [0.05, 0.1) is 5.41 Å². The normalized spacial score (nSPS) is 16.1. The number of aryl methyl sites for hydroxylation is 2. The lowest BCUT2D eigenvalue weighted by molar-refractivity contribution is -0.120. The van der Waals surface area contributed by atoms with Crippen molar-refractivity contribution in [2.75, 3.05) is 6.79 Å². The van der Waals surface area contributed by atoms with E-state index in [1.54, 1.807) is 0 Å². The van der Waals surface area contributed by atoms with Gasteiger partial charge in [0, 0.05) is 41.4 Å². The first kappa shape index (κ1) is 21.8. The molecule has 8 nitrogen and oxygen atoms in total. The highest BCUT2D eigenvalue weighted by Crippen LogP contribution is 2.51. The molecule has 0 radical (unpaired) electrons. The predicted octanol–water partition coefficient (Wildman–Crippen LogP) is 4.27. The number of hydrogen-bond donors (Lipinski definition) is 1. The zero-order valence-corrected chi connectivity index (χ0v) is 20.3. The maximum absolute atomic E-state index is 13.5. The monoisotopic (exact) mass is 471 g/mol. The Morgan fingerprint density at radius 1 is 1.09 bits per heavy atom. The van der Waals surface area contributed by atoms with Crippen molar-refractivity contribution in [1.82, 2.24) is 25.2 Å². The van der Waals surface area contributed by atoms with Gasteiger partial charge in [0.2, 0.25) is 6.79 Å². The number of carbonyl (C=O) groups is 1. The molecule has 0 saturated heterocycles. The highest BCUT2D eigenvalue weighted by Gasteiger charge is 2.50. The number of aromatic nitrogens is 5. The quantitative estimate of drug-likeness (QED) is 0.433. The zero-order valence-electron chi connectivity index (χ0n) is 20.3. The van der Waals surface area contributed by atoms with Crippen molar-refractivity contribution < 1.29 is 14.3 Å². The molecule has 0 unspecified atom stereocenters. The third-order valence-electron chi connectivity index (χ3n) is 7.26. The van der Waals surface area contributed by atoms with E-state index in [4.69, 9.17) is 9.47 Å². The van der Waals surface area contributed by atoms with E-state index in [9.17, 15) is 4.79 Å². The third kappa shape index (κ3) is 3.87. The van der Waals surface area contributed by atoms with Crippen LogP contribution in [0.2, 0.25) is 0 Å². The lowest BCUT2D eigenvalue weighted by atomic mass is 9.87. The molecule has 1 N–H and O–H groups in total. The van der Waals surface area contributed by atoms with E-state index in [-0.39, 0.29) is 18.0 Å². The molecule has 1 fully saturated rings. The minimum absolute atomic E-state index is 0.0241. The summed E-state index contributed by atoms with van der Waals surface area (Å²) in [5, 5.41) is 15.5. The van der Waals surface area contributed by atoms with Gasteiger partial charge in [0.25, 0.3) is 0 Å². The summed E-state index contributed by atoms with van der Waals surface area (Å²) in [5.41, 5.74) is 4.07. The molecule has 1 aliphatic carbocycles. The van der Waals surface area contributed by atoms with E-state index in [0.29, 0.717) is 18.7 Å². The number of nitrogens with zero attached hydrogens (tertiary/aromatic N) is 4. The SMILES string of the molecule is CC(C)(C)c1cc2cc(CC(=O)C3(c4ccc5c(c4)OCO5)CC3)ccc2n1CCc1nn[nH]n1. The van der Waals surface area contributed by atoms with Crippen LogP contribution in [0.5, 0.6) is 11.5 Å². The number of Topliss-reactive ketones (excluding diaryl/α,β-unsaturated/α-hetero) is 1. The van der Waals surface area contributed by atoms with Gasteiger partial charge in [-0.05, 0) is 54.3 Å². The summed E-state index contributed by atoms with van der Waals surface area (Å²) in [6.45, 7) is 7.67. The zero-order chi connectivity index (χ0) is 24.2. The summed E-state index contributed by atoms with van der Waals surface area (Å²) < 4.78 is 13.3. The van der Waals surface area contributed by atoms with Gasteiger partial charge < -0.3 is 14.0 Å². The maximum atomic E-state index is 13.5. The van der Waals surface area contributed by atoms with E-state index in [1.165, 1.54) is 5.69 Å². The Morgan fingerprint density at radius 2 is 1.91 bits per heavy atom. The van der Waals surface area contributed by atoms with Crippen LogP contribution in [0.25, 0.3) is 10.9 Å². The molecule has 2 aliphatic rings. The van der Waals surface area contributed by atoms with Crippen LogP contribution >= 0.6 is 0 Å². The number of H-pyrrole nitrogens is 1. The molecule has 0 atom stereocenters. The number of benzene rings is 2. The average molecular weight is 472 g/mol. The Bertz CT molecular complexity index is 1410. The fourth-order valence-electron chi connectivity index (χ4n) is 5.20. The number of tetrazole rings is 1. The molecular formula is C27H29N5O3. The first-order valence-corrected chi connectivity index (χ1v) is 12.1. The van der Waals surface area contributed by atoms with Crippen LogP contribution in [0.1, 0.15) is 56.3 Å². The summed E-state index contributed by atoms with van der Waals surface area (Å²) in [5.74, 6) is 2.45. The Morgan fingerprint density at radius 3 is 2.66 bits per heavy atom. The van der Waals surface area contributed by atoms with Crippen LogP contribution in [0.15, 0.2) is 42.5 Å². The number of nitrogens with one attached hydrogen (secondary N) is 1. The molecule has 35 heavy (non-hydrogen) atoms. The Balaban J connectivity index is 1.27. The minimum Gasteiger partial charge on any atom is -0.454 e. The molecular weight excluding hydrogens is 442 g/mol. The number of carbonyl (C=O) groups excluding carboxylic acids is 1. The van der Waals surface area contributed by atoms with Crippen molar-refractivity contribution in [3.8, 4) is 11.5 Å². The lowest BCUT2D eigenvalue weighted by Gasteiger charge is -2.22. The molecule has 4 aromatic rings. The first-order chi connectivity index (χ1) is 16.8. The molecule has 180 valence electrons. The first-order valence-electron chi connectivity index (χ1n) is 12.1. The minimum atomic E-state index is -0.400. The molecule has 0 bridgehead atoms. The highest BCUT2D eigenvalue weighted by molar-refractivity contribution is 5.95. The topological polar surface area (TPSA) is 94.9 Å². The van der Waals surface area contributed by atoms with Crippen LogP contribution in [0.3, 0.4) is 0 Å². The van der Waals surface area contributed by atoms with Crippen LogP contribution < -0.4 is 9.47 Å². The molecule has 8 heteroatoms. The number of aromatic amines is 1. The van der Waals surface area contributed by atoms with E-state index < -0.39 is 5.41 Å². The summed E-state index contributed by atoms with van der Waals surface area (Å²) in [6, 6.07) is 14.6. The predicted molar refractivity (Wildman–Crippen MR) is 131 cm³/mol. The van der Waals surface area contributed by atoms with Gasteiger partial charge in [0.1, 0.15) is 5.78 Å². The smallest absolute Gasteiger partial charge is 0.231 e. The van der Waals surface area contributed by atoms with Crippen molar-refractivity contribution in [1.29, 1.82) is 0 Å². The highest BCUT2D eigenvalue weighted by atomic mass is 16.7. The van der Waals surface area contributed by atoms with E-state index >= 15 is 0 Å². The van der Waals surface area contributed by atoms with Gasteiger partial charge >= 0.3 is 0 Å². The molecule has 2 aromatic carbocycles. The van der Waals surface area contributed by atoms with Crippen LogP contribution in [0.4, 0.5) is 0 Å². The Labute approximate surface area is 203 Å². The van der Waals surface area contributed by atoms with Crippen LogP contribution in [-0.4, -0.2) is 37.8 Å². The number of ketones is 1. The van der Waals surface area contributed by atoms with Crippen LogP contribution in [0, 0.1) is 0 Å². The second-order valence-corrected chi connectivity index (χ2v) is 10.7. The van der Waals surface area contributed by atoms with Gasteiger partial charge in [-0.2, -0.15) is 5.21 Å².